The predicted molar refractivity (Wildman–Crippen MR) is 146 cm³/mol. The van der Waals surface area contributed by atoms with Crippen LogP contribution in [-0.4, -0.2) is 51.7 Å². The Morgan fingerprint density at radius 3 is 2.41 bits per heavy atom. The van der Waals surface area contributed by atoms with Gasteiger partial charge in [0.25, 0.3) is 5.91 Å². The van der Waals surface area contributed by atoms with Gasteiger partial charge in [-0.1, -0.05) is 42.5 Å². The third-order valence-corrected chi connectivity index (χ3v) is 9.40. The number of carbonyl (C=O) groups excluding carboxylic acids is 1. The maximum atomic E-state index is 13.4. The summed E-state index contributed by atoms with van der Waals surface area (Å²) in [5.74, 6) is 1.19. The van der Waals surface area contributed by atoms with E-state index in [1.165, 1.54) is 36.8 Å². The number of nitrogens with one attached hydrogen (secondary N) is 1. The molecule has 196 valence electrons. The zero-order valence-electron chi connectivity index (χ0n) is 22.2. The van der Waals surface area contributed by atoms with Crippen LogP contribution in [-0.2, 0) is 9.53 Å². The summed E-state index contributed by atoms with van der Waals surface area (Å²) in [6.07, 6.45) is 9.54. The molecule has 1 aromatic heterocycles. The Hall–Kier alpha value is -2.70. The smallest absolute Gasteiger partial charge is 0.252 e. The van der Waals surface area contributed by atoms with E-state index in [4.69, 9.17) is 9.72 Å². The molecule has 6 nitrogen and oxygen atoms in total. The number of amides is 1. The second-order valence-electron chi connectivity index (χ2n) is 11.4. The van der Waals surface area contributed by atoms with Gasteiger partial charge in [0, 0.05) is 31.8 Å². The summed E-state index contributed by atoms with van der Waals surface area (Å²) in [6.45, 7) is 3.16. The fourth-order valence-electron chi connectivity index (χ4n) is 7.49. The van der Waals surface area contributed by atoms with Gasteiger partial charge in [0.05, 0.1) is 17.1 Å². The standard InChI is InChI=1S/C31H40N4O2/c1-22-32-28-12-6-7-13-29(28)35(22)26-20-24-14-15-25(21-26)34(24)19-16-27(23-10-4-3-5-11-23)33-30(36)31(37-2)17-8-9-18-31/h3-7,10-13,24-27H,8-9,14-21H2,1-2H3,(H,33,36)/t24-,25+,26-,27-/m0/s1. The van der Waals surface area contributed by atoms with E-state index in [9.17, 15) is 4.79 Å². The van der Waals surface area contributed by atoms with Crippen molar-refractivity contribution in [2.24, 2.45) is 0 Å². The Labute approximate surface area is 220 Å². The lowest BCUT2D eigenvalue weighted by atomic mass is 9.94. The highest BCUT2D eigenvalue weighted by Crippen LogP contribution is 2.43. The first-order chi connectivity index (χ1) is 18.1. The van der Waals surface area contributed by atoms with Crippen molar-refractivity contribution in [1.29, 1.82) is 0 Å². The summed E-state index contributed by atoms with van der Waals surface area (Å²) in [6, 6.07) is 20.7. The van der Waals surface area contributed by atoms with Gasteiger partial charge in [-0.05, 0) is 82.4 Å². The van der Waals surface area contributed by atoms with Crippen LogP contribution in [0.5, 0.6) is 0 Å². The minimum absolute atomic E-state index is 0.00159. The molecule has 3 aliphatic rings. The topological polar surface area (TPSA) is 59.4 Å². The molecule has 0 unspecified atom stereocenters. The van der Waals surface area contributed by atoms with Crippen LogP contribution in [0.3, 0.4) is 0 Å². The van der Waals surface area contributed by atoms with Crippen LogP contribution in [0.4, 0.5) is 0 Å². The van der Waals surface area contributed by atoms with E-state index >= 15 is 0 Å². The Morgan fingerprint density at radius 1 is 1.03 bits per heavy atom. The van der Waals surface area contributed by atoms with Crippen molar-refractivity contribution in [1.82, 2.24) is 19.8 Å². The number of imidazole rings is 1. The Kier molecular flexibility index (Phi) is 6.80. The summed E-state index contributed by atoms with van der Waals surface area (Å²) >= 11 is 0. The fourth-order valence-corrected chi connectivity index (χ4v) is 7.49. The molecule has 1 N–H and O–H groups in total. The molecule has 1 amide bonds. The van der Waals surface area contributed by atoms with Gasteiger partial charge in [0.15, 0.2) is 0 Å². The summed E-state index contributed by atoms with van der Waals surface area (Å²) in [4.78, 5) is 21.0. The molecule has 6 rings (SSSR count). The van der Waals surface area contributed by atoms with Gasteiger partial charge in [-0.3, -0.25) is 9.69 Å². The van der Waals surface area contributed by atoms with Crippen molar-refractivity contribution in [2.75, 3.05) is 13.7 Å². The molecule has 2 bridgehead atoms. The van der Waals surface area contributed by atoms with Gasteiger partial charge < -0.3 is 14.6 Å². The number of para-hydroxylation sites is 2. The number of aryl methyl sites for hydroxylation is 1. The molecule has 37 heavy (non-hydrogen) atoms. The Bertz CT molecular complexity index is 1220. The van der Waals surface area contributed by atoms with E-state index in [1.54, 1.807) is 7.11 Å². The molecule has 0 spiro atoms. The van der Waals surface area contributed by atoms with E-state index in [0.29, 0.717) is 18.1 Å². The zero-order chi connectivity index (χ0) is 25.4. The van der Waals surface area contributed by atoms with Crippen LogP contribution in [0.15, 0.2) is 54.6 Å². The highest BCUT2D eigenvalue weighted by atomic mass is 16.5. The van der Waals surface area contributed by atoms with E-state index in [0.717, 1.165) is 50.0 Å². The largest absolute Gasteiger partial charge is 0.368 e. The minimum atomic E-state index is -0.657. The summed E-state index contributed by atoms with van der Waals surface area (Å²) in [7, 11) is 1.69. The molecule has 2 saturated heterocycles. The number of fused-ring (bicyclic) bond motifs is 3. The molecule has 4 atom stereocenters. The van der Waals surface area contributed by atoms with Crippen molar-refractivity contribution < 1.29 is 9.53 Å². The number of carbonyl (C=O) groups is 1. The van der Waals surface area contributed by atoms with Gasteiger partial charge in [-0.15, -0.1) is 0 Å². The second-order valence-corrected chi connectivity index (χ2v) is 11.4. The highest BCUT2D eigenvalue weighted by molar-refractivity contribution is 5.86. The predicted octanol–water partition coefficient (Wildman–Crippen LogP) is 5.72. The average molecular weight is 501 g/mol. The molecule has 2 aliphatic heterocycles. The van der Waals surface area contributed by atoms with Crippen LogP contribution in [0.2, 0.25) is 0 Å². The Morgan fingerprint density at radius 2 is 1.70 bits per heavy atom. The number of nitrogens with zero attached hydrogens (tertiary/aromatic N) is 3. The van der Waals surface area contributed by atoms with Gasteiger partial charge in [0.1, 0.15) is 11.4 Å². The maximum absolute atomic E-state index is 13.4. The number of piperidine rings is 1. The molecule has 3 heterocycles. The number of methoxy groups -OCH3 is 1. The molecular weight excluding hydrogens is 460 g/mol. The van der Waals surface area contributed by atoms with E-state index in [2.05, 4.69) is 70.2 Å². The first kappa shape index (κ1) is 24.6. The summed E-state index contributed by atoms with van der Waals surface area (Å²) < 4.78 is 8.29. The lowest BCUT2D eigenvalue weighted by Gasteiger charge is -2.40. The quantitative estimate of drug-likeness (QED) is 0.430. The maximum Gasteiger partial charge on any atom is 0.252 e. The van der Waals surface area contributed by atoms with Crippen LogP contribution < -0.4 is 5.32 Å². The van der Waals surface area contributed by atoms with Crippen molar-refractivity contribution in [3.63, 3.8) is 0 Å². The third-order valence-electron chi connectivity index (χ3n) is 9.40. The summed E-state index contributed by atoms with van der Waals surface area (Å²) in [5, 5.41) is 3.41. The lowest BCUT2D eigenvalue weighted by molar-refractivity contribution is -0.143. The lowest BCUT2D eigenvalue weighted by Crippen LogP contribution is -2.49. The number of benzene rings is 2. The van der Waals surface area contributed by atoms with E-state index in [1.807, 2.05) is 6.07 Å². The van der Waals surface area contributed by atoms with Gasteiger partial charge in [-0.25, -0.2) is 4.98 Å². The zero-order valence-corrected chi connectivity index (χ0v) is 22.2. The molecule has 6 heteroatoms. The van der Waals surface area contributed by atoms with E-state index < -0.39 is 5.60 Å². The molecule has 2 aromatic carbocycles. The van der Waals surface area contributed by atoms with Crippen LogP contribution in [0, 0.1) is 6.92 Å². The molecule has 0 radical (unpaired) electrons. The molecule has 3 fully saturated rings. The van der Waals surface area contributed by atoms with Crippen molar-refractivity contribution in [3.05, 3.63) is 66.0 Å². The monoisotopic (exact) mass is 500 g/mol. The first-order valence-corrected chi connectivity index (χ1v) is 14.2. The normalized spacial score (nSPS) is 25.9. The molecular formula is C31H40N4O2. The second kappa shape index (κ2) is 10.2. The average Bonchev–Trinajstić information content (AvgIpc) is 3.60. The minimum Gasteiger partial charge on any atom is -0.368 e. The number of hydrogen-bond donors (Lipinski definition) is 1. The van der Waals surface area contributed by atoms with Gasteiger partial charge in [0.2, 0.25) is 0 Å². The van der Waals surface area contributed by atoms with Crippen LogP contribution in [0.1, 0.15) is 81.3 Å². The first-order valence-electron chi connectivity index (χ1n) is 14.2. The van der Waals surface area contributed by atoms with Crippen molar-refractivity contribution >= 4 is 16.9 Å². The van der Waals surface area contributed by atoms with Gasteiger partial charge in [-0.2, -0.15) is 0 Å². The number of aromatic nitrogens is 2. The number of hydrogen-bond acceptors (Lipinski definition) is 4. The number of ether oxygens (including phenoxy) is 1. The van der Waals surface area contributed by atoms with Crippen LogP contribution in [0.25, 0.3) is 11.0 Å². The van der Waals surface area contributed by atoms with Crippen molar-refractivity contribution in [2.45, 2.75) is 94.5 Å². The number of rotatable bonds is 8. The van der Waals surface area contributed by atoms with Crippen molar-refractivity contribution in [3.8, 4) is 0 Å². The highest BCUT2D eigenvalue weighted by Gasteiger charge is 2.44. The Balaban J connectivity index is 1.16. The summed E-state index contributed by atoms with van der Waals surface area (Å²) in [5.41, 5.74) is 2.90. The molecule has 3 aromatic rings. The third kappa shape index (κ3) is 4.59. The fraction of sp³-hybridized carbons (Fsp3) is 0.548. The van der Waals surface area contributed by atoms with E-state index in [-0.39, 0.29) is 11.9 Å². The molecule has 1 aliphatic carbocycles. The molecule has 1 saturated carbocycles. The van der Waals surface area contributed by atoms with Crippen LogP contribution >= 0.6 is 0 Å². The van der Waals surface area contributed by atoms with Gasteiger partial charge >= 0.3 is 0 Å². The SMILES string of the molecule is COC1(C(=O)N[C@@H](CCN2[C@@H]3CC[C@H]2C[C@H](n2c(C)nc4ccccc42)C3)c2ccccc2)CCCC1.